The lowest BCUT2D eigenvalue weighted by molar-refractivity contribution is 0.652. The predicted molar refractivity (Wildman–Crippen MR) is 76.5 cm³/mol. The Morgan fingerprint density at radius 3 is 2.88 bits per heavy atom. The minimum absolute atomic E-state index is 0.564. The summed E-state index contributed by atoms with van der Waals surface area (Å²) in [5, 5.41) is 5.25. The lowest BCUT2D eigenvalue weighted by atomic mass is 10.2. The molecular weight excluding hydrogens is 230 g/mol. The fourth-order valence-corrected chi connectivity index (χ4v) is 2.38. The van der Waals surface area contributed by atoms with Gasteiger partial charge in [-0.1, -0.05) is 26.2 Å². The highest BCUT2D eigenvalue weighted by molar-refractivity contribution is 7.10. The van der Waals surface area contributed by atoms with Crippen molar-refractivity contribution in [3.05, 3.63) is 21.9 Å². The molecule has 3 nitrogen and oxygen atoms in total. The number of nitrogens with one attached hydrogen (secondary N) is 1. The van der Waals surface area contributed by atoms with Gasteiger partial charge < -0.3 is 11.1 Å². The molecule has 1 aromatic rings. The van der Waals surface area contributed by atoms with Crippen molar-refractivity contribution in [2.24, 2.45) is 10.7 Å². The SMILES string of the molecule is CCCCCCNC(N)=NCc1sccc1C. The maximum atomic E-state index is 5.80. The third kappa shape index (κ3) is 5.73. The quantitative estimate of drug-likeness (QED) is 0.446. The fourth-order valence-electron chi connectivity index (χ4n) is 1.55. The second-order valence-electron chi connectivity index (χ2n) is 4.22. The maximum absolute atomic E-state index is 5.80. The molecule has 0 fully saturated rings. The molecule has 0 aliphatic heterocycles. The maximum Gasteiger partial charge on any atom is 0.188 e. The van der Waals surface area contributed by atoms with Crippen molar-refractivity contribution in [1.29, 1.82) is 0 Å². The fraction of sp³-hybridized carbons (Fsp3) is 0.615. The van der Waals surface area contributed by atoms with Crippen LogP contribution >= 0.6 is 11.3 Å². The lowest BCUT2D eigenvalue weighted by Gasteiger charge is -2.05. The third-order valence-electron chi connectivity index (χ3n) is 2.70. The Morgan fingerprint density at radius 2 is 2.24 bits per heavy atom. The molecular formula is C13H23N3S. The first-order valence-electron chi connectivity index (χ1n) is 6.30. The van der Waals surface area contributed by atoms with Crippen LogP contribution in [0, 0.1) is 6.92 Å². The summed E-state index contributed by atoms with van der Waals surface area (Å²) in [7, 11) is 0. The van der Waals surface area contributed by atoms with Gasteiger partial charge in [0, 0.05) is 11.4 Å². The van der Waals surface area contributed by atoms with E-state index in [1.54, 1.807) is 11.3 Å². The van der Waals surface area contributed by atoms with Gasteiger partial charge in [0.15, 0.2) is 5.96 Å². The second kappa shape index (κ2) is 8.12. The van der Waals surface area contributed by atoms with Crippen molar-refractivity contribution in [3.63, 3.8) is 0 Å². The highest BCUT2D eigenvalue weighted by atomic mass is 32.1. The Hall–Kier alpha value is -1.03. The summed E-state index contributed by atoms with van der Waals surface area (Å²) >= 11 is 1.74. The summed E-state index contributed by atoms with van der Waals surface area (Å²) in [6, 6.07) is 2.11. The molecule has 0 aromatic carbocycles. The standard InChI is InChI=1S/C13H23N3S/c1-3-4-5-6-8-15-13(14)16-10-12-11(2)7-9-17-12/h7,9H,3-6,8,10H2,1-2H3,(H3,14,15,16). The predicted octanol–water partition coefficient (Wildman–Crippen LogP) is 3.04. The van der Waals surface area contributed by atoms with Gasteiger partial charge in [-0.05, 0) is 30.4 Å². The summed E-state index contributed by atoms with van der Waals surface area (Å²) in [6.07, 6.45) is 5.00. The molecule has 17 heavy (non-hydrogen) atoms. The average Bonchev–Trinajstić information content (AvgIpc) is 2.72. The molecule has 0 atom stereocenters. The number of aryl methyl sites for hydroxylation is 1. The van der Waals surface area contributed by atoms with E-state index in [9.17, 15) is 0 Å². The van der Waals surface area contributed by atoms with E-state index in [0.29, 0.717) is 12.5 Å². The molecule has 0 spiro atoms. The van der Waals surface area contributed by atoms with Crippen LogP contribution in [0.2, 0.25) is 0 Å². The molecule has 0 aliphatic rings. The molecule has 0 saturated carbocycles. The molecule has 0 bridgehead atoms. The Kier molecular flexibility index (Phi) is 6.70. The number of hydrogen-bond donors (Lipinski definition) is 2. The van der Waals surface area contributed by atoms with Crippen molar-refractivity contribution in [1.82, 2.24) is 5.32 Å². The van der Waals surface area contributed by atoms with E-state index in [4.69, 9.17) is 5.73 Å². The summed E-state index contributed by atoms with van der Waals surface area (Å²) < 4.78 is 0. The zero-order valence-corrected chi connectivity index (χ0v) is 11.6. The number of nitrogens with two attached hydrogens (primary N) is 1. The van der Waals surface area contributed by atoms with Gasteiger partial charge in [0.2, 0.25) is 0 Å². The van der Waals surface area contributed by atoms with E-state index in [0.717, 1.165) is 6.54 Å². The lowest BCUT2D eigenvalue weighted by Crippen LogP contribution is -2.32. The Morgan fingerprint density at radius 1 is 1.41 bits per heavy atom. The largest absolute Gasteiger partial charge is 0.370 e. The molecule has 0 aliphatic carbocycles. The van der Waals surface area contributed by atoms with Crippen LogP contribution in [0.25, 0.3) is 0 Å². The molecule has 4 heteroatoms. The van der Waals surface area contributed by atoms with E-state index >= 15 is 0 Å². The first-order valence-corrected chi connectivity index (χ1v) is 7.18. The summed E-state index contributed by atoms with van der Waals surface area (Å²) in [5.74, 6) is 0.564. The molecule has 0 unspecified atom stereocenters. The summed E-state index contributed by atoms with van der Waals surface area (Å²) in [4.78, 5) is 5.63. The number of nitrogens with zero attached hydrogens (tertiary/aromatic N) is 1. The van der Waals surface area contributed by atoms with E-state index in [1.165, 1.54) is 36.1 Å². The normalized spacial score (nSPS) is 11.8. The van der Waals surface area contributed by atoms with Crippen LogP contribution in [0.5, 0.6) is 0 Å². The van der Waals surface area contributed by atoms with Crippen LogP contribution in [0.1, 0.15) is 43.0 Å². The van der Waals surface area contributed by atoms with Gasteiger partial charge >= 0.3 is 0 Å². The van der Waals surface area contributed by atoms with Gasteiger partial charge in [-0.2, -0.15) is 0 Å². The summed E-state index contributed by atoms with van der Waals surface area (Å²) in [6.45, 7) is 5.94. The van der Waals surface area contributed by atoms with Gasteiger partial charge in [0.05, 0.1) is 6.54 Å². The Balaban J connectivity index is 2.19. The minimum Gasteiger partial charge on any atom is -0.370 e. The first kappa shape index (κ1) is 14.0. The van der Waals surface area contributed by atoms with Crippen LogP contribution in [0.4, 0.5) is 0 Å². The third-order valence-corrected chi connectivity index (χ3v) is 3.71. The molecule has 1 rings (SSSR count). The van der Waals surface area contributed by atoms with Gasteiger partial charge in [0.1, 0.15) is 0 Å². The van der Waals surface area contributed by atoms with Crippen molar-refractivity contribution in [2.75, 3.05) is 6.54 Å². The number of guanidine groups is 1. The number of unbranched alkanes of at least 4 members (excludes halogenated alkanes) is 3. The van der Waals surface area contributed by atoms with Crippen LogP contribution < -0.4 is 11.1 Å². The zero-order valence-electron chi connectivity index (χ0n) is 10.8. The van der Waals surface area contributed by atoms with Crippen molar-refractivity contribution in [3.8, 4) is 0 Å². The van der Waals surface area contributed by atoms with E-state index in [-0.39, 0.29) is 0 Å². The van der Waals surface area contributed by atoms with Crippen LogP contribution in [-0.4, -0.2) is 12.5 Å². The molecule has 0 saturated heterocycles. The number of hydrogen-bond acceptors (Lipinski definition) is 2. The van der Waals surface area contributed by atoms with E-state index in [2.05, 4.69) is 35.6 Å². The van der Waals surface area contributed by atoms with E-state index in [1.807, 2.05) is 0 Å². The summed E-state index contributed by atoms with van der Waals surface area (Å²) in [5.41, 5.74) is 7.10. The minimum atomic E-state index is 0.564. The average molecular weight is 253 g/mol. The molecule has 3 N–H and O–H groups in total. The van der Waals surface area contributed by atoms with Crippen LogP contribution in [0.15, 0.2) is 16.4 Å². The van der Waals surface area contributed by atoms with Gasteiger partial charge in [-0.3, -0.25) is 0 Å². The molecule has 0 amide bonds. The molecule has 96 valence electrons. The number of aliphatic imine (C=N–C) groups is 1. The molecule has 0 radical (unpaired) electrons. The van der Waals surface area contributed by atoms with Gasteiger partial charge in [-0.25, -0.2) is 4.99 Å². The highest BCUT2D eigenvalue weighted by Crippen LogP contribution is 2.16. The van der Waals surface area contributed by atoms with E-state index < -0.39 is 0 Å². The first-order chi connectivity index (χ1) is 8.24. The van der Waals surface area contributed by atoms with Gasteiger partial charge in [-0.15, -0.1) is 11.3 Å². The van der Waals surface area contributed by atoms with Gasteiger partial charge in [0.25, 0.3) is 0 Å². The van der Waals surface area contributed by atoms with Crippen LogP contribution in [0.3, 0.4) is 0 Å². The van der Waals surface area contributed by atoms with Crippen molar-refractivity contribution >= 4 is 17.3 Å². The Bertz CT molecular complexity index is 344. The van der Waals surface area contributed by atoms with Crippen molar-refractivity contribution < 1.29 is 0 Å². The Labute approximate surface area is 108 Å². The monoisotopic (exact) mass is 253 g/mol. The van der Waals surface area contributed by atoms with Crippen molar-refractivity contribution in [2.45, 2.75) is 46.1 Å². The smallest absolute Gasteiger partial charge is 0.188 e. The molecule has 1 heterocycles. The second-order valence-corrected chi connectivity index (χ2v) is 5.22. The zero-order chi connectivity index (χ0) is 12.5. The topological polar surface area (TPSA) is 50.4 Å². The number of rotatable bonds is 7. The van der Waals surface area contributed by atoms with Crippen LogP contribution in [-0.2, 0) is 6.54 Å². The highest BCUT2D eigenvalue weighted by Gasteiger charge is 1.98. The number of thiophene rings is 1. The molecule has 1 aromatic heterocycles.